The first-order chi connectivity index (χ1) is 18.5. The summed E-state index contributed by atoms with van der Waals surface area (Å²) in [6.07, 6.45) is 7.81. The number of oxime groups is 1. The van der Waals surface area contributed by atoms with Gasteiger partial charge in [-0.1, -0.05) is 48.8 Å². The van der Waals surface area contributed by atoms with Gasteiger partial charge in [0.1, 0.15) is 5.82 Å². The molecular weight excluding hydrogens is 482 g/mol. The number of benzene rings is 1. The molecule has 4 rings (SSSR count). The molecule has 0 spiro atoms. The van der Waals surface area contributed by atoms with E-state index in [4.69, 9.17) is 20.7 Å². The van der Waals surface area contributed by atoms with Crippen molar-refractivity contribution in [3.8, 4) is 23.0 Å². The van der Waals surface area contributed by atoms with Crippen molar-refractivity contribution in [3.63, 3.8) is 0 Å². The Morgan fingerprint density at radius 3 is 2.50 bits per heavy atom. The monoisotopic (exact) mass is 513 g/mol. The van der Waals surface area contributed by atoms with Crippen LogP contribution >= 0.6 is 0 Å². The fourth-order valence-corrected chi connectivity index (χ4v) is 4.22. The zero-order valence-corrected chi connectivity index (χ0v) is 21.8. The van der Waals surface area contributed by atoms with Crippen molar-refractivity contribution >= 4 is 5.84 Å². The number of amidine groups is 1. The third-order valence-corrected chi connectivity index (χ3v) is 6.11. The predicted octanol–water partition coefficient (Wildman–Crippen LogP) is 3.82. The number of nitrogens with zero attached hydrogens (tertiary/aromatic N) is 6. The largest absolute Gasteiger partial charge is 0.491 e. The molecule has 3 heterocycles. The van der Waals surface area contributed by atoms with E-state index in [1.165, 1.54) is 4.57 Å². The van der Waals surface area contributed by atoms with E-state index in [1.807, 2.05) is 37.3 Å². The molecule has 1 aromatic carbocycles. The van der Waals surface area contributed by atoms with Gasteiger partial charge in [0.05, 0.1) is 30.4 Å². The molecule has 0 unspecified atom stereocenters. The molecule has 10 heteroatoms. The minimum absolute atomic E-state index is 0.00910. The topological polar surface area (TPSA) is 141 Å². The summed E-state index contributed by atoms with van der Waals surface area (Å²) in [6, 6.07) is 11.1. The number of hydrogen-bond acceptors (Lipinski definition) is 8. The van der Waals surface area contributed by atoms with E-state index in [2.05, 4.69) is 27.0 Å². The highest BCUT2D eigenvalue weighted by Crippen LogP contribution is 2.23. The number of nitrogens with two attached hydrogens (primary N) is 1. The van der Waals surface area contributed by atoms with Crippen molar-refractivity contribution in [1.29, 1.82) is 0 Å². The SMILES string of the molecule is CCCCc1nc(C)n(-c2ncc(OCC)cn2)c(=O)c1Cc1ccc(-c2ccccc2/C(N)=N\O)nc1. The summed E-state index contributed by atoms with van der Waals surface area (Å²) < 4.78 is 6.87. The Labute approximate surface area is 220 Å². The summed E-state index contributed by atoms with van der Waals surface area (Å²) in [6.45, 7) is 6.28. The van der Waals surface area contributed by atoms with Gasteiger partial charge in [0.25, 0.3) is 5.56 Å². The average Bonchev–Trinajstić information content (AvgIpc) is 2.94. The molecule has 196 valence electrons. The number of ether oxygens (including phenoxy) is 1. The smallest absolute Gasteiger partial charge is 0.264 e. The van der Waals surface area contributed by atoms with E-state index < -0.39 is 0 Å². The van der Waals surface area contributed by atoms with Crippen molar-refractivity contribution in [1.82, 2.24) is 24.5 Å². The zero-order valence-electron chi connectivity index (χ0n) is 21.8. The Kier molecular flexibility index (Phi) is 8.42. The summed E-state index contributed by atoms with van der Waals surface area (Å²) in [4.78, 5) is 31.9. The summed E-state index contributed by atoms with van der Waals surface area (Å²) in [5, 5.41) is 12.3. The highest BCUT2D eigenvalue weighted by atomic mass is 16.5. The molecule has 0 fully saturated rings. The zero-order chi connectivity index (χ0) is 27.1. The molecule has 0 saturated heterocycles. The maximum absolute atomic E-state index is 13.8. The summed E-state index contributed by atoms with van der Waals surface area (Å²) >= 11 is 0. The molecule has 0 aliphatic carbocycles. The number of hydrogen-bond donors (Lipinski definition) is 2. The van der Waals surface area contributed by atoms with Crippen LogP contribution in [0.1, 0.15) is 54.9 Å². The van der Waals surface area contributed by atoms with Crippen LogP contribution in [0.15, 0.2) is 64.9 Å². The first-order valence-corrected chi connectivity index (χ1v) is 12.6. The number of unbranched alkanes of at least 4 members (excludes halogenated alkanes) is 1. The van der Waals surface area contributed by atoms with Gasteiger partial charge in [-0.25, -0.2) is 19.5 Å². The van der Waals surface area contributed by atoms with Gasteiger partial charge in [0.15, 0.2) is 11.6 Å². The summed E-state index contributed by atoms with van der Waals surface area (Å²) in [5.41, 5.74) is 9.86. The standard InChI is InChI=1S/C28H31N7O3/c1-4-6-11-25-23(27(36)35(18(3)33-25)28-31-16-20(17-32-28)38-5-2)14-19-12-13-24(30-15-19)21-9-7-8-10-22(21)26(29)34-37/h7-10,12-13,15-17,37H,4-6,11,14H2,1-3H3,(H2,29,34). The normalized spacial score (nSPS) is 11.5. The maximum Gasteiger partial charge on any atom is 0.264 e. The van der Waals surface area contributed by atoms with Crippen molar-refractivity contribution < 1.29 is 9.94 Å². The average molecular weight is 514 g/mol. The van der Waals surface area contributed by atoms with Gasteiger partial charge in [-0.3, -0.25) is 9.78 Å². The molecule has 0 atom stereocenters. The number of pyridine rings is 1. The minimum Gasteiger partial charge on any atom is -0.491 e. The van der Waals surface area contributed by atoms with E-state index in [0.29, 0.717) is 47.8 Å². The van der Waals surface area contributed by atoms with Crippen molar-refractivity contribution in [2.75, 3.05) is 6.61 Å². The molecule has 0 radical (unpaired) electrons. The number of aromatic nitrogens is 5. The predicted molar refractivity (Wildman–Crippen MR) is 145 cm³/mol. The molecule has 3 N–H and O–H groups in total. The summed E-state index contributed by atoms with van der Waals surface area (Å²) in [5.74, 6) is 1.33. The molecular formula is C28H31N7O3. The van der Waals surface area contributed by atoms with Crippen LogP contribution in [0, 0.1) is 6.92 Å². The van der Waals surface area contributed by atoms with Crippen LogP contribution in [-0.4, -0.2) is 42.2 Å². The Morgan fingerprint density at radius 1 is 1.08 bits per heavy atom. The fourth-order valence-electron chi connectivity index (χ4n) is 4.22. The van der Waals surface area contributed by atoms with Crippen LogP contribution in [0.3, 0.4) is 0 Å². The van der Waals surface area contributed by atoms with Crippen LogP contribution < -0.4 is 16.0 Å². The minimum atomic E-state index is -0.200. The third kappa shape index (κ3) is 5.69. The molecule has 0 saturated carbocycles. The Hall–Kier alpha value is -4.60. The van der Waals surface area contributed by atoms with Crippen molar-refractivity contribution in [2.24, 2.45) is 10.9 Å². The van der Waals surface area contributed by atoms with Gasteiger partial charge in [-0.05, 0) is 38.3 Å². The molecule has 0 bridgehead atoms. The van der Waals surface area contributed by atoms with Crippen LogP contribution in [-0.2, 0) is 12.8 Å². The van der Waals surface area contributed by atoms with Crippen molar-refractivity contribution in [2.45, 2.75) is 46.5 Å². The molecule has 0 aliphatic rings. The van der Waals surface area contributed by atoms with Crippen LogP contribution in [0.25, 0.3) is 17.2 Å². The lowest BCUT2D eigenvalue weighted by atomic mass is 10.0. The van der Waals surface area contributed by atoms with Gasteiger partial charge >= 0.3 is 0 Å². The third-order valence-electron chi connectivity index (χ3n) is 6.11. The second-order valence-electron chi connectivity index (χ2n) is 8.74. The van der Waals surface area contributed by atoms with Crippen LogP contribution in [0.4, 0.5) is 0 Å². The lowest BCUT2D eigenvalue weighted by molar-refractivity contribution is 0.318. The van der Waals surface area contributed by atoms with E-state index in [9.17, 15) is 4.79 Å². The van der Waals surface area contributed by atoms with E-state index in [0.717, 1.165) is 29.7 Å². The van der Waals surface area contributed by atoms with Gasteiger partial charge in [0, 0.05) is 29.3 Å². The molecule has 4 aromatic rings. The lowest BCUT2D eigenvalue weighted by Crippen LogP contribution is -2.29. The highest BCUT2D eigenvalue weighted by molar-refractivity contribution is 6.02. The van der Waals surface area contributed by atoms with Gasteiger partial charge in [-0.2, -0.15) is 0 Å². The fraction of sp³-hybridized carbons (Fsp3) is 0.286. The molecule has 0 aliphatic heterocycles. The van der Waals surface area contributed by atoms with Gasteiger partial charge in [-0.15, -0.1) is 0 Å². The van der Waals surface area contributed by atoms with E-state index >= 15 is 0 Å². The number of aryl methyl sites for hydroxylation is 2. The first-order valence-electron chi connectivity index (χ1n) is 12.6. The Morgan fingerprint density at radius 2 is 1.84 bits per heavy atom. The molecule has 0 amide bonds. The van der Waals surface area contributed by atoms with Crippen LogP contribution in [0.5, 0.6) is 5.75 Å². The molecule has 10 nitrogen and oxygen atoms in total. The molecule has 3 aromatic heterocycles. The van der Waals surface area contributed by atoms with E-state index in [1.54, 1.807) is 31.6 Å². The Balaban J connectivity index is 1.72. The number of rotatable bonds is 10. The van der Waals surface area contributed by atoms with E-state index in [-0.39, 0.29) is 17.3 Å². The lowest BCUT2D eigenvalue weighted by Gasteiger charge is -2.15. The quantitative estimate of drug-likeness (QED) is 0.141. The van der Waals surface area contributed by atoms with Crippen molar-refractivity contribution in [3.05, 3.63) is 93.6 Å². The Bertz CT molecular complexity index is 1480. The highest BCUT2D eigenvalue weighted by Gasteiger charge is 2.18. The van der Waals surface area contributed by atoms with Gasteiger partial charge < -0.3 is 15.7 Å². The second-order valence-corrected chi connectivity index (χ2v) is 8.74. The van der Waals surface area contributed by atoms with Crippen LogP contribution in [0.2, 0.25) is 0 Å². The first kappa shape index (κ1) is 26.5. The molecule has 38 heavy (non-hydrogen) atoms. The summed E-state index contributed by atoms with van der Waals surface area (Å²) in [7, 11) is 0. The maximum atomic E-state index is 13.8. The second kappa shape index (κ2) is 12.1. The van der Waals surface area contributed by atoms with Gasteiger partial charge in [0.2, 0.25) is 5.95 Å².